The molecule has 1 aliphatic rings. The Morgan fingerprint density at radius 3 is 2.33 bits per heavy atom. The lowest BCUT2D eigenvalue weighted by atomic mass is 10.4. The third-order valence-electron chi connectivity index (χ3n) is 2.03. The molecule has 2 rings (SSSR count). The van der Waals surface area contributed by atoms with Crippen LogP contribution in [0, 0.1) is 0 Å². The first-order valence-electron chi connectivity index (χ1n) is 4.47. The minimum absolute atomic E-state index is 0.148. The second-order valence-electron chi connectivity index (χ2n) is 3.10. The summed E-state index contributed by atoms with van der Waals surface area (Å²) in [7, 11) is 0. The van der Waals surface area contributed by atoms with Crippen LogP contribution in [0.4, 0.5) is 0 Å². The Balaban J connectivity index is 2.18. The largest absolute Gasteiger partial charge is 0.273 e. The number of hydrogen-bond acceptors (Lipinski definition) is 3. The van der Waals surface area contributed by atoms with Gasteiger partial charge in [0.1, 0.15) is 0 Å². The van der Waals surface area contributed by atoms with Crippen LogP contribution in [0.5, 0.6) is 0 Å². The Morgan fingerprint density at radius 1 is 1.13 bits per heavy atom. The van der Waals surface area contributed by atoms with E-state index in [1.807, 2.05) is 6.07 Å². The van der Waals surface area contributed by atoms with Crippen LogP contribution in [0.15, 0.2) is 29.2 Å². The van der Waals surface area contributed by atoms with E-state index in [4.69, 9.17) is 11.6 Å². The van der Waals surface area contributed by atoms with Crippen molar-refractivity contribution in [1.29, 1.82) is 0 Å². The number of nitrogens with zero attached hydrogens (tertiary/aromatic N) is 1. The zero-order valence-electron chi connectivity index (χ0n) is 7.77. The molecule has 1 heterocycles. The predicted molar refractivity (Wildman–Crippen MR) is 58.4 cm³/mol. The third-order valence-corrected chi connectivity index (χ3v) is 3.62. The molecule has 1 fully saturated rings. The normalized spacial score (nSPS) is 16.2. The van der Waals surface area contributed by atoms with Crippen molar-refractivity contribution in [3.63, 3.8) is 0 Å². The van der Waals surface area contributed by atoms with E-state index in [0.717, 1.165) is 16.8 Å². The van der Waals surface area contributed by atoms with Crippen molar-refractivity contribution in [2.24, 2.45) is 0 Å². The maximum absolute atomic E-state index is 11.3. The van der Waals surface area contributed by atoms with Gasteiger partial charge in [-0.2, -0.15) is 0 Å². The Morgan fingerprint density at radius 2 is 1.73 bits per heavy atom. The molecule has 0 atom stereocenters. The van der Waals surface area contributed by atoms with Crippen LogP contribution in [0.2, 0.25) is 5.02 Å². The van der Waals surface area contributed by atoms with Gasteiger partial charge in [-0.3, -0.25) is 9.59 Å². The highest BCUT2D eigenvalue weighted by atomic mass is 35.5. The summed E-state index contributed by atoms with van der Waals surface area (Å²) < 4.78 is 1.18. The van der Waals surface area contributed by atoms with Crippen molar-refractivity contribution in [1.82, 2.24) is 4.31 Å². The quantitative estimate of drug-likeness (QED) is 0.590. The fourth-order valence-electron chi connectivity index (χ4n) is 1.27. The van der Waals surface area contributed by atoms with E-state index in [-0.39, 0.29) is 11.8 Å². The molecule has 3 nitrogen and oxygen atoms in total. The molecule has 0 spiro atoms. The van der Waals surface area contributed by atoms with Crippen LogP contribution in [0.25, 0.3) is 0 Å². The van der Waals surface area contributed by atoms with Crippen LogP contribution in [-0.2, 0) is 9.59 Å². The molecule has 0 aromatic heterocycles. The monoisotopic (exact) mass is 241 g/mol. The highest BCUT2D eigenvalue weighted by Crippen LogP contribution is 2.32. The van der Waals surface area contributed by atoms with Crippen LogP contribution < -0.4 is 0 Å². The minimum Gasteiger partial charge on any atom is -0.273 e. The van der Waals surface area contributed by atoms with Crippen LogP contribution in [0.3, 0.4) is 0 Å². The molecule has 1 saturated heterocycles. The Kier molecular flexibility index (Phi) is 2.98. The highest BCUT2D eigenvalue weighted by Gasteiger charge is 2.30. The van der Waals surface area contributed by atoms with Crippen molar-refractivity contribution >= 4 is 35.4 Å². The zero-order chi connectivity index (χ0) is 10.8. The van der Waals surface area contributed by atoms with Crippen molar-refractivity contribution in [3.05, 3.63) is 29.3 Å². The number of amides is 2. The fourth-order valence-corrected chi connectivity index (χ4v) is 2.39. The highest BCUT2D eigenvalue weighted by molar-refractivity contribution is 7.98. The number of benzene rings is 1. The number of carbonyl (C=O) groups is 2. The van der Waals surface area contributed by atoms with Crippen LogP contribution >= 0.6 is 23.5 Å². The summed E-state index contributed by atoms with van der Waals surface area (Å²) >= 11 is 7.02. The molecule has 1 aromatic carbocycles. The Labute approximate surface area is 96.5 Å². The van der Waals surface area contributed by atoms with Crippen molar-refractivity contribution < 1.29 is 9.59 Å². The van der Waals surface area contributed by atoms with Gasteiger partial charge in [0.2, 0.25) is 11.8 Å². The van der Waals surface area contributed by atoms with Gasteiger partial charge in [0.25, 0.3) is 0 Å². The van der Waals surface area contributed by atoms with E-state index < -0.39 is 0 Å². The molecular formula is C10H8ClNO2S. The van der Waals surface area contributed by atoms with Crippen molar-refractivity contribution in [2.45, 2.75) is 17.7 Å². The average molecular weight is 242 g/mol. The topological polar surface area (TPSA) is 37.4 Å². The van der Waals surface area contributed by atoms with E-state index >= 15 is 0 Å². The molecule has 1 aromatic rings. The lowest BCUT2D eigenvalue weighted by Crippen LogP contribution is -2.20. The summed E-state index contributed by atoms with van der Waals surface area (Å²) in [5, 5.41) is 0.551. The summed E-state index contributed by atoms with van der Waals surface area (Å²) in [5.41, 5.74) is 0. The molecule has 78 valence electrons. The maximum atomic E-state index is 11.3. The van der Waals surface area contributed by atoms with E-state index in [2.05, 4.69) is 0 Å². The van der Waals surface area contributed by atoms with E-state index in [1.54, 1.807) is 18.2 Å². The molecule has 2 amide bonds. The second-order valence-corrected chi connectivity index (χ2v) is 4.50. The van der Waals surface area contributed by atoms with Gasteiger partial charge in [0.05, 0.1) is 5.02 Å². The molecule has 0 saturated carbocycles. The van der Waals surface area contributed by atoms with E-state index in [1.165, 1.54) is 4.31 Å². The molecule has 0 radical (unpaired) electrons. The van der Waals surface area contributed by atoms with Gasteiger partial charge in [-0.1, -0.05) is 23.7 Å². The van der Waals surface area contributed by atoms with Crippen molar-refractivity contribution in [3.8, 4) is 0 Å². The first-order valence-corrected chi connectivity index (χ1v) is 5.62. The molecule has 0 aliphatic carbocycles. The summed E-state index contributed by atoms with van der Waals surface area (Å²) in [4.78, 5) is 23.4. The van der Waals surface area contributed by atoms with Crippen LogP contribution in [0.1, 0.15) is 12.8 Å². The fraction of sp³-hybridized carbons (Fsp3) is 0.200. The Hall–Kier alpha value is -1.00. The van der Waals surface area contributed by atoms with Gasteiger partial charge in [-0.25, -0.2) is 4.31 Å². The molecule has 1 aliphatic heterocycles. The van der Waals surface area contributed by atoms with Gasteiger partial charge >= 0.3 is 0 Å². The molecule has 0 N–H and O–H groups in total. The van der Waals surface area contributed by atoms with Crippen molar-refractivity contribution in [2.75, 3.05) is 0 Å². The summed E-state index contributed by atoms with van der Waals surface area (Å²) in [5.74, 6) is -0.296. The lowest BCUT2D eigenvalue weighted by Gasteiger charge is -2.12. The minimum atomic E-state index is -0.148. The third kappa shape index (κ3) is 2.16. The summed E-state index contributed by atoms with van der Waals surface area (Å²) in [6, 6.07) is 7.14. The number of imide groups is 1. The number of rotatable bonds is 2. The van der Waals surface area contributed by atoms with Gasteiger partial charge in [-0.15, -0.1) is 0 Å². The second kappa shape index (κ2) is 4.24. The molecule has 0 unspecified atom stereocenters. The maximum Gasteiger partial charge on any atom is 0.240 e. The van der Waals surface area contributed by atoms with Gasteiger partial charge in [0.15, 0.2) is 0 Å². The zero-order valence-corrected chi connectivity index (χ0v) is 9.35. The van der Waals surface area contributed by atoms with Gasteiger partial charge in [-0.05, 0) is 24.1 Å². The Bertz CT molecular complexity index is 406. The standard InChI is InChI=1S/C10H8ClNO2S/c11-7-3-1-2-4-8(7)15-12-9(13)5-6-10(12)14/h1-4H,5-6H2. The van der Waals surface area contributed by atoms with Crippen LogP contribution in [-0.4, -0.2) is 16.1 Å². The smallest absolute Gasteiger partial charge is 0.240 e. The summed E-state index contributed by atoms with van der Waals surface area (Å²) in [6.45, 7) is 0. The van der Waals surface area contributed by atoms with Gasteiger partial charge < -0.3 is 0 Å². The van der Waals surface area contributed by atoms with E-state index in [9.17, 15) is 9.59 Å². The number of hydrogen-bond donors (Lipinski definition) is 0. The first kappa shape index (κ1) is 10.5. The summed E-state index contributed by atoms with van der Waals surface area (Å²) in [6.07, 6.45) is 0.604. The number of halogens is 1. The molecular weight excluding hydrogens is 234 g/mol. The lowest BCUT2D eigenvalue weighted by molar-refractivity contribution is -0.131. The molecule has 5 heteroatoms. The number of carbonyl (C=O) groups excluding carboxylic acids is 2. The SMILES string of the molecule is O=C1CCC(=O)N1Sc1ccccc1Cl. The molecule has 0 bridgehead atoms. The van der Waals surface area contributed by atoms with Gasteiger partial charge in [0, 0.05) is 17.7 Å². The van der Waals surface area contributed by atoms with E-state index in [0.29, 0.717) is 17.9 Å². The predicted octanol–water partition coefficient (Wildman–Crippen LogP) is 2.50. The average Bonchev–Trinajstić information content (AvgIpc) is 2.53. The molecule has 15 heavy (non-hydrogen) atoms. The first-order chi connectivity index (χ1) is 7.18.